The van der Waals surface area contributed by atoms with Crippen molar-refractivity contribution in [3.05, 3.63) is 35.4 Å². The van der Waals surface area contributed by atoms with Gasteiger partial charge in [0, 0.05) is 0 Å². The van der Waals surface area contributed by atoms with Crippen molar-refractivity contribution in [2.75, 3.05) is 7.11 Å². The summed E-state index contributed by atoms with van der Waals surface area (Å²) in [4.78, 5) is 23.0. The lowest BCUT2D eigenvalue weighted by Crippen LogP contribution is -2.39. The van der Waals surface area contributed by atoms with Gasteiger partial charge in [-0.25, -0.2) is 0 Å². The molecule has 0 unspecified atom stereocenters. The predicted molar refractivity (Wildman–Crippen MR) is 79.7 cm³/mol. The van der Waals surface area contributed by atoms with Gasteiger partial charge < -0.3 is 14.9 Å². The Kier molecular flexibility index (Phi) is 3.64. The zero-order valence-corrected chi connectivity index (χ0v) is 12.3. The topological polar surface area (TPSA) is 83.8 Å². The van der Waals surface area contributed by atoms with E-state index >= 15 is 0 Å². The van der Waals surface area contributed by atoms with Gasteiger partial charge in [0.05, 0.1) is 18.9 Å². The highest BCUT2D eigenvalue weighted by Gasteiger charge is 2.44. The van der Waals surface area contributed by atoms with Crippen molar-refractivity contribution >= 4 is 17.5 Å². The van der Waals surface area contributed by atoms with Crippen LogP contribution in [0, 0.1) is 17.8 Å². The van der Waals surface area contributed by atoms with Gasteiger partial charge in [0.25, 0.3) is 0 Å². The van der Waals surface area contributed by atoms with E-state index in [2.05, 4.69) is 0 Å². The summed E-state index contributed by atoms with van der Waals surface area (Å²) in [6.45, 7) is 0. The summed E-state index contributed by atoms with van der Waals surface area (Å²) in [5, 5.41) is 18.8. The van der Waals surface area contributed by atoms with Crippen LogP contribution in [0.25, 0.3) is 5.57 Å². The molecule has 0 aliphatic heterocycles. The van der Waals surface area contributed by atoms with Gasteiger partial charge in [-0.15, -0.1) is 0 Å². The first-order chi connectivity index (χ1) is 10.5. The Morgan fingerprint density at radius 1 is 1.23 bits per heavy atom. The molecular weight excluding hydrogens is 284 g/mol. The Morgan fingerprint density at radius 2 is 2.00 bits per heavy atom. The van der Waals surface area contributed by atoms with Crippen LogP contribution in [-0.2, 0) is 16.0 Å². The molecule has 0 saturated carbocycles. The maximum Gasteiger partial charge on any atom is 0.308 e. The molecule has 22 heavy (non-hydrogen) atoms. The first-order valence-corrected chi connectivity index (χ1v) is 7.36. The molecule has 2 aliphatic carbocycles. The minimum Gasteiger partial charge on any atom is -0.497 e. The Hall–Kier alpha value is -2.30. The van der Waals surface area contributed by atoms with Crippen molar-refractivity contribution in [1.29, 1.82) is 0 Å². The summed E-state index contributed by atoms with van der Waals surface area (Å²) in [5.41, 5.74) is 3.15. The fourth-order valence-corrected chi connectivity index (χ4v) is 3.77. The molecule has 0 spiro atoms. The lowest BCUT2D eigenvalue weighted by molar-refractivity contribution is -0.155. The molecule has 2 N–H and O–H groups in total. The summed E-state index contributed by atoms with van der Waals surface area (Å²) in [6.07, 6.45) is 3.58. The molecule has 0 amide bonds. The molecule has 3 rings (SSSR count). The van der Waals surface area contributed by atoms with Gasteiger partial charge in [0.2, 0.25) is 0 Å². The number of benzene rings is 1. The summed E-state index contributed by atoms with van der Waals surface area (Å²) in [6, 6.07) is 5.79. The third-order valence-corrected chi connectivity index (χ3v) is 4.81. The van der Waals surface area contributed by atoms with Crippen LogP contribution in [0.15, 0.2) is 24.3 Å². The normalized spacial score (nSPS) is 26.4. The average Bonchev–Trinajstić information content (AvgIpc) is 2.52. The van der Waals surface area contributed by atoms with Gasteiger partial charge in [-0.1, -0.05) is 12.1 Å². The SMILES string of the molecule is COc1ccc2c(c1)CC[C@@H]1C2=CC[C@H](C(=O)O)[C@H]1C(=O)O. The van der Waals surface area contributed by atoms with Crippen molar-refractivity contribution in [3.63, 3.8) is 0 Å². The quantitative estimate of drug-likeness (QED) is 0.896. The van der Waals surface area contributed by atoms with Gasteiger partial charge in [0.1, 0.15) is 5.75 Å². The highest BCUT2D eigenvalue weighted by Crippen LogP contribution is 2.47. The number of hydrogen-bond acceptors (Lipinski definition) is 3. The van der Waals surface area contributed by atoms with Gasteiger partial charge in [0.15, 0.2) is 0 Å². The van der Waals surface area contributed by atoms with E-state index in [9.17, 15) is 19.8 Å². The molecule has 116 valence electrons. The molecule has 5 nitrogen and oxygen atoms in total. The molecule has 3 atom stereocenters. The minimum atomic E-state index is -1.02. The van der Waals surface area contributed by atoms with Crippen LogP contribution >= 0.6 is 0 Å². The lowest BCUT2D eigenvalue weighted by atomic mass is 9.65. The number of aryl methyl sites for hydroxylation is 1. The van der Waals surface area contributed by atoms with Crippen LogP contribution in [0.2, 0.25) is 0 Å². The highest BCUT2D eigenvalue weighted by molar-refractivity contribution is 5.86. The van der Waals surface area contributed by atoms with E-state index < -0.39 is 23.8 Å². The molecule has 0 saturated heterocycles. The van der Waals surface area contributed by atoms with Crippen LogP contribution < -0.4 is 4.74 Å². The second-order valence-corrected chi connectivity index (χ2v) is 5.87. The van der Waals surface area contributed by atoms with Crippen LogP contribution in [0.4, 0.5) is 0 Å². The van der Waals surface area contributed by atoms with Gasteiger partial charge in [-0.05, 0) is 54.0 Å². The van der Waals surface area contributed by atoms with E-state index in [0.717, 1.165) is 28.9 Å². The van der Waals surface area contributed by atoms with Gasteiger partial charge in [-0.3, -0.25) is 9.59 Å². The average molecular weight is 302 g/mol. The van der Waals surface area contributed by atoms with Gasteiger partial charge >= 0.3 is 11.9 Å². The number of fused-ring (bicyclic) bond motifs is 3. The largest absolute Gasteiger partial charge is 0.497 e. The number of rotatable bonds is 3. The monoisotopic (exact) mass is 302 g/mol. The van der Waals surface area contributed by atoms with E-state index in [0.29, 0.717) is 6.42 Å². The summed E-state index contributed by atoms with van der Waals surface area (Å²) in [7, 11) is 1.62. The summed E-state index contributed by atoms with van der Waals surface area (Å²) >= 11 is 0. The lowest BCUT2D eigenvalue weighted by Gasteiger charge is -2.38. The van der Waals surface area contributed by atoms with E-state index in [1.165, 1.54) is 0 Å². The fourth-order valence-electron chi connectivity index (χ4n) is 3.77. The number of carboxylic acid groups (broad SMARTS) is 2. The smallest absolute Gasteiger partial charge is 0.308 e. The number of ether oxygens (including phenoxy) is 1. The highest BCUT2D eigenvalue weighted by atomic mass is 16.5. The standard InChI is InChI=1S/C17H18O5/c1-22-10-3-5-11-9(8-10)2-4-13-12(11)6-7-14(16(18)19)15(13)17(20)21/h3,5-6,8,13-15H,2,4,7H2,1H3,(H,18,19)(H,20,21)/t13-,14+,15+/m1/s1. The fraction of sp³-hybridized carbons (Fsp3) is 0.412. The molecule has 0 radical (unpaired) electrons. The molecule has 0 aromatic heterocycles. The van der Waals surface area contributed by atoms with E-state index in [-0.39, 0.29) is 12.3 Å². The zero-order valence-electron chi connectivity index (χ0n) is 12.3. The molecule has 1 aromatic carbocycles. The number of hydrogen-bond donors (Lipinski definition) is 2. The Bertz CT molecular complexity index is 661. The van der Waals surface area contributed by atoms with Crippen LogP contribution in [0.3, 0.4) is 0 Å². The first-order valence-electron chi connectivity index (χ1n) is 7.36. The minimum absolute atomic E-state index is 0.228. The van der Waals surface area contributed by atoms with Crippen molar-refractivity contribution < 1.29 is 24.5 Å². The second-order valence-electron chi connectivity index (χ2n) is 5.87. The van der Waals surface area contributed by atoms with Gasteiger partial charge in [-0.2, -0.15) is 0 Å². The van der Waals surface area contributed by atoms with Crippen LogP contribution in [0.1, 0.15) is 24.0 Å². The van der Waals surface area contributed by atoms with Crippen molar-refractivity contribution in [2.24, 2.45) is 17.8 Å². The van der Waals surface area contributed by atoms with Crippen LogP contribution in [0.5, 0.6) is 5.75 Å². The van der Waals surface area contributed by atoms with Crippen molar-refractivity contribution in [1.82, 2.24) is 0 Å². The summed E-state index contributed by atoms with van der Waals surface area (Å²) in [5.74, 6) is -3.18. The molecule has 1 aromatic rings. The molecular formula is C17H18O5. The predicted octanol–water partition coefficient (Wildman–Crippen LogP) is 2.45. The number of allylic oxidation sites excluding steroid dienone is 2. The molecule has 0 heterocycles. The Morgan fingerprint density at radius 3 is 2.64 bits per heavy atom. The van der Waals surface area contributed by atoms with Crippen molar-refractivity contribution in [2.45, 2.75) is 19.3 Å². The van der Waals surface area contributed by atoms with E-state index in [1.54, 1.807) is 7.11 Å². The summed E-state index contributed by atoms with van der Waals surface area (Å²) < 4.78 is 5.23. The Balaban J connectivity index is 2.04. The Labute approximate surface area is 128 Å². The maximum absolute atomic E-state index is 11.6. The second kappa shape index (κ2) is 5.48. The number of carbonyl (C=O) groups is 2. The third kappa shape index (κ3) is 2.26. The molecule has 5 heteroatoms. The number of carboxylic acids is 2. The van der Waals surface area contributed by atoms with E-state index in [4.69, 9.17) is 4.74 Å². The number of methoxy groups -OCH3 is 1. The third-order valence-electron chi connectivity index (χ3n) is 4.81. The molecule has 0 bridgehead atoms. The number of aliphatic carboxylic acids is 2. The zero-order chi connectivity index (χ0) is 15.9. The van der Waals surface area contributed by atoms with Crippen LogP contribution in [-0.4, -0.2) is 29.3 Å². The van der Waals surface area contributed by atoms with Crippen molar-refractivity contribution in [3.8, 4) is 5.75 Å². The van der Waals surface area contributed by atoms with E-state index in [1.807, 2.05) is 24.3 Å². The maximum atomic E-state index is 11.6. The first kappa shape index (κ1) is 14.6. The molecule has 2 aliphatic rings. The molecule has 0 fully saturated rings.